The molecule has 1 aromatic rings. The molecule has 4 nitrogen and oxygen atoms in total. The maximum absolute atomic E-state index is 5.06. The van der Waals surface area contributed by atoms with Crippen molar-refractivity contribution in [2.75, 3.05) is 0 Å². The zero-order valence-electron chi connectivity index (χ0n) is 13.2. The van der Waals surface area contributed by atoms with Gasteiger partial charge in [-0.2, -0.15) is 0 Å². The van der Waals surface area contributed by atoms with E-state index in [1.807, 2.05) is 12.4 Å². The number of hydrogen-bond acceptors (Lipinski definition) is 2. The van der Waals surface area contributed by atoms with E-state index in [2.05, 4.69) is 21.8 Å². The van der Waals surface area contributed by atoms with Crippen molar-refractivity contribution >= 4 is 5.96 Å². The van der Waals surface area contributed by atoms with Crippen LogP contribution in [0.15, 0.2) is 17.4 Å². The van der Waals surface area contributed by atoms with Gasteiger partial charge >= 0.3 is 0 Å². The summed E-state index contributed by atoms with van der Waals surface area (Å²) in [5.74, 6) is 2.05. The summed E-state index contributed by atoms with van der Waals surface area (Å²) in [4.78, 5) is 9.43. The van der Waals surface area contributed by atoms with Gasteiger partial charge in [-0.1, -0.05) is 38.5 Å². The predicted octanol–water partition coefficient (Wildman–Crippen LogP) is 3.65. The van der Waals surface area contributed by atoms with Crippen LogP contribution in [0.25, 0.3) is 0 Å². The quantitative estimate of drug-likeness (QED) is 0.666. The number of nitrogens with zero attached hydrogens (tertiary/aromatic N) is 3. The molecule has 1 aromatic heterocycles. The third-order valence-electron chi connectivity index (χ3n) is 4.87. The largest absolute Gasteiger partial charge is 0.353 e. The van der Waals surface area contributed by atoms with Gasteiger partial charge in [0.1, 0.15) is 5.82 Å². The maximum atomic E-state index is 5.06. The predicted molar refractivity (Wildman–Crippen MR) is 86.7 cm³/mol. The lowest BCUT2D eigenvalue weighted by Crippen LogP contribution is -2.41. The molecule has 2 aliphatic rings. The summed E-state index contributed by atoms with van der Waals surface area (Å²) in [6, 6.07) is 1.08. The number of aromatic nitrogens is 2. The molecule has 116 valence electrons. The Kier molecular flexibility index (Phi) is 4.94. The summed E-state index contributed by atoms with van der Waals surface area (Å²) in [5.41, 5.74) is 0. The Labute approximate surface area is 128 Å². The molecule has 3 rings (SSSR count). The Bertz CT molecular complexity index is 465. The van der Waals surface area contributed by atoms with Gasteiger partial charge in [-0.3, -0.25) is 4.57 Å². The van der Waals surface area contributed by atoms with Gasteiger partial charge in [-0.25, -0.2) is 9.98 Å². The normalized spacial score (nSPS) is 22.4. The fourth-order valence-corrected chi connectivity index (χ4v) is 3.58. The molecule has 0 bridgehead atoms. The van der Waals surface area contributed by atoms with Crippen LogP contribution in [0.4, 0.5) is 0 Å². The molecule has 0 atom stereocenters. The molecule has 0 radical (unpaired) electrons. The molecule has 2 fully saturated rings. The molecule has 4 heteroatoms. The Morgan fingerprint density at radius 1 is 1.10 bits per heavy atom. The summed E-state index contributed by atoms with van der Waals surface area (Å²) < 4.78 is 2.13. The molecule has 0 spiro atoms. The Morgan fingerprint density at radius 3 is 2.38 bits per heavy atom. The third kappa shape index (κ3) is 3.86. The highest BCUT2D eigenvalue weighted by molar-refractivity contribution is 5.83. The van der Waals surface area contributed by atoms with E-state index in [0.717, 1.165) is 11.8 Å². The molecular formula is C17H28N4. The van der Waals surface area contributed by atoms with Crippen LogP contribution in [0.2, 0.25) is 0 Å². The summed E-state index contributed by atoms with van der Waals surface area (Å²) in [6.45, 7) is 2.05. The lowest BCUT2D eigenvalue weighted by molar-refractivity contribution is 0.405. The van der Waals surface area contributed by atoms with E-state index in [0.29, 0.717) is 12.1 Å². The number of hydrogen-bond donors (Lipinski definition) is 1. The van der Waals surface area contributed by atoms with Crippen LogP contribution >= 0.6 is 0 Å². The highest BCUT2D eigenvalue weighted by Crippen LogP contribution is 2.21. The fraction of sp³-hybridized carbons (Fsp3) is 0.765. The van der Waals surface area contributed by atoms with E-state index in [1.165, 1.54) is 64.2 Å². The van der Waals surface area contributed by atoms with Gasteiger partial charge < -0.3 is 5.32 Å². The molecule has 21 heavy (non-hydrogen) atoms. The fourth-order valence-electron chi connectivity index (χ4n) is 3.58. The molecule has 0 unspecified atom stereocenters. The lowest BCUT2D eigenvalue weighted by Gasteiger charge is -2.27. The zero-order valence-corrected chi connectivity index (χ0v) is 13.2. The number of aryl methyl sites for hydroxylation is 1. The van der Waals surface area contributed by atoms with Crippen molar-refractivity contribution in [2.24, 2.45) is 4.99 Å². The van der Waals surface area contributed by atoms with Crippen LogP contribution in [-0.2, 0) is 0 Å². The van der Waals surface area contributed by atoms with Crippen LogP contribution in [0.5, 0.6) is 0 Å². The smallest absolute Gasteiger partial charge is 0.204 e. The van der Waals surface area contributed by atoms with Crippen molar-refractivity contribution in [2.45, 2.75) is 83.2 Å². The molecule has 0 saturated heterocycles. The molecule has 2 aliphatic carbocycles. The van der Waals surface area contributed by atoms with Crippen molar-refractivity contribution in [1.82, 2.24) is 14.9 Å². The van der Waals surface area contributed by atoms with Crippen LogP contribution < -0.4 is 5.32 Å². The van der Waals surface area contributed by atoms with E-state index >= 15 is 0 Å². The maximum Gasteiger partial charge on any atom is 0.204 e. The lowest BCUT2D eigenvalue weighted by atomic mass is 9.95. The minimum atomic E-state index is 0.492. The number of nitrogens with one attached hydrogen (secondary N) is 1. The number of imidazole rings is 1. The minimum Gasteiger partial charge on any atom is -0.353 e. The average molecular weight is 288 g/mol. The SMILES string of the molecule is Cc1nccn1C(=NC1CCCCC1)NC1CCCCC1. The van der Waals surface area contributed by atoms with Crippen LogP contribution in [-0.4, -0.2) is 27.6 Å². The molecular weight excluding hydrogens is 260 g/mol. The van der Waals surface area contributed by atoms with Gasteiger partial charge in [0.05, 0.1) is 6.04 Å². The second-order valence-corrected chi connectivity index (χ2v) is 6.57. The van der Waals surface area contributed by atoms with Crippen LogP contribution in [0.1, 0.15) is 70.0 Å². The van der Waals surface area contributed by atoms with E-state index in [4.69, 9.17) is 4.99 Å². The van der Waals surface area contributed by atoms with E-state index in [1.54, 1.807) is 0 Å². The monoisotopic (exact) mass is 288 g/mol. The van der Waals surface area contributed by atoms with Gasteiger partial charge in [0, 0.05) is 18.4 Å². The van der Waals surface area contributed by atoms with Crippen molar-refractivity contribution in [3.63, 3.8) is 0 Å². The van der Waals surface area contributed by atoms with E-state index in [9.17, 15) is 0 Å². The Morgan fingerprint density at radius 2 is 1.76 bits per heavy atom. The minimum absolute atomic E-state index is 0.492. The van der Waals surface area contributed by atoms with Crippen molar-refractivity contribution in [3.05, 3.63) is 18.2 Å². The van der Waals surface area contributed by atoms with E-state index < -0.39 is 0 Å². The first-order chi connectivity index (χ1) is 10.3. The van der Waals surface area contributed by atoms with Crippen molar-refractivity contribution in [1.29, 1.82) is 0 Å². The van der Waals surface area contributed by atoms with E-state index in [-0.39, 0.29) is 0 Å². The van der Waals surface area contributed by atoms with Gasteiger partial charge in [-0.15, -0.1) is 0 Å². The molecule has 1 heterocycles. The topological polar surface area (TPSA) is 42.2 Å². The summed E-state index contributed by atoms with van der Waals surface area (Å²) >= 11 is 0. The molecule has 0 amide bonds. The number of aliphatic imine (C=N–C) groups is 1. The standard InChI is InChI=1S/C17H28N4/c1-14-18-12-13-21(14)17(19-15-8-4-2-5-9-15)20-16-10-6-3-7-11-16/h12-13,15-16H,2-11H2,1H3,(H,19,20). The van der Waals surface area contributed by atoms with Crippen molar-refractivity contribution < 1.29 is 0 Å². The zero-order chi connectivity index (χ0) is 14.5. The first-order valence-corrected chi connectivity index (χ1v) is 8.67. The van der Waals surface area contributed by atoms with Gasteiger partial charge in [0.25, 0.3) is 0 Å². The molecule has 2 saturated carbocycles. The second-order valence-electron chi connectivity index (χ2n) is 6.57. The van der Waals surface area contributed by atoms with Gasteiger partial charge in [0.2, 0.25) is 5.96 Å². The summed E-state index contributed by atoms with van der Waals surface area (Å²) in [7, 11) is 0. The first kappa shape index (κ1) is 14.6. The van der Waals surface area contributed by atoms with Crippen molar-refractivity contribution in [3.8, 4) is 0 Å². The summed E-state index contributed by atoms with van der Waals surface area (Å²) in [5, 5.41) is 3.72. The molecule has 1 N–H and O–H groups in total. The highest BCUT2D eigenvalue weighted by atomic mass is 15.3. The Balaban J connectivity index is 1.76. The van der Waals surface area contributed by atoms with Crippen LogP contribution in [0.3, 0.4) is 0 Å². The molecule has 0 aliphatic heterocycles. The molecule has 0 aromatic carbocycles. The van der Waals surface area contributed by atoms with Gasteiger partial charge in [-0.05, 0) is 32.6 Å². The highest BCUT2D eigenvalue weighted by Gasteiger charge is 2.19. The first-order valence-electron chi connectivity index (χ1n) is 8.67. The third-order valence-corrected chi connectivity index (χ3v) is 4.87. The second kappa shape index (κ2) is 7.10. The number of rotatable bonds is 2. The summed E-state index contributed by atoms with van der Waals surface area (Å²) in [6.07, 6.45) is 17.0. The van der Waals surface area contributed by atoms with Crippen LogP contribution in [0, 0.1) is 6.92 Å². The van der Waals surface area contributed by atoms with Gasteiger partial charge in [0.15, 0.2) is 0 Å². The average Bonchev–Trinajstić information content (AvgIpc) is 2.95. The Hall–Kier alpha value is -1.32.